The van der Waals surface area contributed by atoms with Gasteiger partial charge in [-0.05, 0) is 50.0 Å². The largest absolute Gasteiger partial charge is 0.449 e. The zero-order chi connectivity index (χ0) is 15.3. The van der Waals surface area contributed by atoms with Crippen LogP contribution < -0.4 is 5.32 Å². The van der Waals surface area contributed by atoms with Crippen LogP contribution in [0.5, 0.6) is 0 Å². The molecule has 1 amide bonds. The number of piperidine rings is 3. The van der Waals surface area contributed by atoms with E-state index in [0.29, 0.717) is 21.5 Å². The molecule has 3 saturated heterocycles. The van der Waals surface area contributed by atoms with Crippen molar-refractivity contribution in [3.63, 3.8) is 0 Å². The highest BCUT2D eigenvalue weighted by molar-refractivity contribution is 6.38. The molecule has 7 heteroatoms. The maximum atomic E-state index is 12.5. The highest BCUT2D eigenvalue weighted by atomic mass is 35.5. The Bertz CT molecular complexity index is 738. The maximum Gasteiger partial charge on any atom is 0.287 e. The summed E-state index contributed by atoms with van der Waals surface area (Å²) in [5.74, 6) is 0.689. The van der Waals surface area contributed by atoms with Crippen molar-refractivity contribution < 1.29 is 9.21 Å². The summed E-state index contributed by atoms with van der Waals surface area (Å²) in [6.45, 7) is 3.23. The molecule has 1 aromatic heterocycles. The number of benzene rings is 1. The molecule has 124 valence electrons. The van der Waals surface area contributed by atoms with Gasteiger partial charge >= 0.3 is 0 Å². The van der Waals surface area contributed by atoms with Crippen LogP contribution in [0.3, 0.4) is 0 Å². The highest BCUT2D eigenvalue weighted by Gasteiger charge is 2.35. The van der Waals surface area contributed by atoms with E-state index in [1.165, 1.54) is 0 Å². The SMILES string of the molecule is Cl.O=C(N[C@@H]1CN2CCC1CC2)c1cc2cc(Cl)cc(Cl)c2o1. The van der Waals surface area contributed by atoms with Crippen LogP contribution in [0.4, 0.5) is 0 Å². The lowest BCUT2D eigenvalue weighted by Crippen LogP contribution is -2.57. The van der Waals surface area contributed by atoms with E-state index in [9.17, 15) is 4.79 Å². The molecule has 3 aliphatic heterocycles. The van der Waals surface area contributed by atoms with E-state index in [-0.39, 0.29) is 30.1 Å². The number of amides is 1. The second-order valence-electron chi connectivity index (χ2n) is 6.13. The summed E-state index contributed by atoms with van der Waals surface area (Å²) >= 11 is 12.1. The van der Waals surface area contributed by atoms with Crippen molar-refractivity contribution in [2.45, 2.75) is 18.9 Å². The van der Waals surface area contributed by atoms with Gasteiger partial charge in [-0.15, -0.1) is 12.4 Å². The number of hydrogen-bond donors (Lipinski definition) is 1. The first-order valence-electron chi connectivity index (χ1n) is 7.52. The van der Waals surface area contributed by atoms with Crippen LogP contribution in [0.25, 0.3) is 11.0 Å². The number of carbonyl (C=O) groups excluding carboxylic acids is 1. The minimum atomic E-state index is -0.179. The summed E-state index contributed by atoms with van der Waals surface area (Å²) in [5.41, 5.74) is 0.505. The lowest BCUT2D eigenvalue weighted by atomic mass is 9.84. The van der Waals surface area contributed by atoms with Gasteiger partial charge in [-0.25, -0.2) is 0 Å². The topological polar surface area (TPSA) is 45.5 Å². The fourth-order valence-electron chi connectivity index (χ4n) is 3.56. The Morgan fingerprint density at radius 3 is 2.61 bits per heavy atom. The van der Waals surface area contributed by atoms with Crippen LogP contribution in [0, 0.1) is 5.92 Å². The number of fused-ring (bicyclic) bond motifs is 4. The number of halogens is 3. The molecule has 3 aliphatic rings. The lowest BCUT2D eigenvalue weighted by molar-refractivity contribution is 0.0607. The Morgan fingerprint density at radius 1 is 1.22 bits per heavy atom. The first-order chi connectivity index (χ1) is 10.6. The Kier molecular flexibility index (Phi) is 4.79. The molecular weight excluding hydrogens is 359 g/mol. The predicted octanol–water partition coefficient (Wildman–Crippen LogP) is 3.99. The summed E-state index contributed by atoms with van der Waals surface area (Å²) < 4.78 is 5.62. The van der Waals surface area contributed by atoms with Crippen LogP contribution >= 0.6 is 35.6 Å². The van der Waals surface area contributed by atoms with Gasteiger partial charge in [0.1, 0.15) is 0 Å². The van der Waals surface area contributed by atoms with Crippen LogP contribution in [0.2, 0.25) is 10.0 Å². The molecule has 2 bridgehead atoms. The molecule has 5 rings (SSSR count). The van der Waals surface area contributed by atoms with E-state index in [4.69, 9.17) is 27.6 Å². The second kappa shape index (κ2) is 6.52. The van der Waals surface area contributed by atoms with Crippen LogP contribution in [0.15, 0.2) is 22.6 Å². The molecule has 4 nitrogen and oxygen atoms in total. The summed E-state index contributed by atoms with van der Waals surface area (Å²) in [6.07, 6.45) is 2.32. The van der Waals surface area contributed by atoms with Gasteiger partial charge in [0.15, 0.2) is 11.3 Å². The second-order valence-corrected chi connectivity index (χ2v) is 6.98. The summed E-state index contributed by atoms with van der Waals surface area (Å²) in [6, 6.07) is 5.27. The van der Waals surface area contributed by atoms with E-state index in [2.05, 4.69) is 10.2 Å². The zero-order valence-electron chi connectivity index (χ0n) is 12.4. The molecule has 1 atom stereocenters. The zero-order valence-corrected chi connectivity index (χ0v) is 14.7. The average Bonchev–Trinajstić information content (AvgIpc) is 2.93. The number of carbonyl (C=O) groups is 1. The Morgan fingerprint density at radius 2 is 1.96 bits per heavy atom. The molecule has 2 aromatic rings. The number of nitrogens with zero attached hydrogens (tertiary/aromatic N) is 1. The van der Waals surface area contributed by atoms with Crippen molar-refractivity contribution in [2.75, 3.05) is 19.6 Å². The normalized spacial score (nSPS) is 26.1. The van der Waals surface area contributed by atoms with Gasteiger partial charge in [0.05, 0.1) is 5.02 Å². The van der Waals surface area contributed by atoms with Gasteiger partial charge in [-0.3, -0.25) is 4.79 Å². The van der Waals surface area contributed by atoms with Crippen molar-refractivity contribution in [2.24, 2.45) is 5.92 Å². The van der Waals surface area contributed by atoms with Crippen molar-refractivity contribution in [3.8, 4) is 0 Å². The van der Waals surface area contributed by atoms with Gasteiger partial charge in [-0.2, -0.15) is 0 Å². The molecule has 0 aliphatic carbocycles. The van der Waals surface area contributed by atoms with Gasteiger partial charge in [0.2, 0.25) is 0 Å². The molecule has 0 radical (unpaired) electrons. The van der Waals surface area contributed by atoms with Crippen LogP contribution in [-0.4, -0.2) is 36.5 Å². The molecule has 1 N–H and O–H groups in total. The number of nitrogens with one attached hydrogen (secondary N) is 1. The average molecular weight is 376 g/mol. The summed E-state index contributed by atoms with van der Waals surface area (Å²) in [4.78, 5) is 14.9. The first-order valence-corrected chi connectivity index (χ1v) is 8.27. The van der Waals surface area contributed by atoms with Crippen molar-refractivity contribution in [3.05, 3.63) is 34.0 Å². The summed E-state index contributed by atoms with van der Waals surface area (Å²) in [7, 11) is 0. The highest BCUT2D eigenvalue weighted by Crippen LogP contribution is 2.31. The fourth-order valence-corrected chi connectivity index (χ4v) is 4.10. The lowest BCUT2D eigenvalue weighted by Gasteiger charge is -2.44. The molecule has 1 aromatic carbocycles. The Labute approximate surface area is 150 Å². The Hall–Kier alpha value is -0.940. The summed E-state index contributed by atoms with van der Waals surface area (Å²) in [5, 5.41) is 4.81. The van der Waals surface area contributed by atoms with Gasteiger partial charge in [0, 0.05) is 23.0 Å². The minimum absolute atomic E-state index is 0. The van der Waals surface area contributed by atoms with E-state index < -0.39 is 0 Å². The monoisotopic (exact) mass is 374 g/mol. The van der Waals surface area contributed by atoms with E-state index >= 15 is 0 Å². The molecule has 0 unspecified atom stereocenters. The third-order valence-electron chi connectivity index (χ3n) is 4.73. The molecule has 4 heterocycles. The van der Waals surface area contributed by atoms with Gasteiger partial charge in [-0.1, -0.05) is 23.2 Å². The third-order valence-corrected chi connectivity index (χ3v) is 5.23. The van der Waals surface area contributed by atoms with Gasteiger partial charge in [0.25, 0.3) is 5.91 Å². The first kappa shape index (κ1) is 16.9. The standard InChI is InChI=1S/C16H16Cl2N2O2.ClH/c17-11-5-10-6-14(22-15(10)12(18)7-11)16(21)19-13-8-20-3-1-9(13)2-4-20;/h5-7,9,13H,1-4,8H2,(H,19,21);1H/t13-;/m1./s1. The fraction of sp³-hybridized carbons (Fsp3) is 0.438. The molecule has 0 saturated carbocycles. The molecule has 23 heavy (non-hydrogen) atoms. The van der Waals surface area contributed by atoms with E-state index in [1.807, 2.05) is 0 Å². The quantitative estimate of drug-likeness (QED) is 0.863. The smallest absolute Gasteiger partial charge is 0.287 e. The Balaban J connectivity index is 0.00000156. The van der Waals surface area contributed by atoms with E-state index in [0.717, 1.165) is 37.9 Å². The van der Waals surface area contributed by atoms with Crippen LogP contribution in [0.1, 0.15) is 23.4 Å². The molecule has 0 spiro atoms. The molecular formula is C16H17Cl3N2O2. The number of furan rings is 1. The number of rotatable bonds is 2. The van der Waals surface area contributed by atoms with Crippen molar-refractivity contribution >= 4 is 52.5 Å². The minimum Gasteiger partial charge on any atom is -0.449 e. The van der Waals surface area contributed by atoms with Crippen molar-refractivity contribution in [1.82, 2.24) is 10.2 Å². The third kappa shape index (κ3) is 3.18. The van der Waals surface area contributed by atoms with Crippen LogP contribution in [-0.2, 0) is 0 Å². The predicted molar refractivity (Wildman–Crippen MR) is 93.9 cm³/mol. The number of hydrogen-bond acceptors (Lipinski definition) is 3. The maximum absolute atomic E-state index is 12.5. The van der Waals surface area contributed by atoms with Gasteiger partial charge < -0.3 is 14.6 Å². The molecule has 3 fully saturated rings. The van der Waals surface area contributed by atoms with E-state index in [1.54, 1.807) is 18.2 Å². The van der Waals surface area contributed by atoms with Crippen molar-refractivity contribution in [1.29, 1.82) is 0 Å².